The van der Waals surface area contributed by atoms with E-state index in [9.17, 15) is 4.57 Å². The van der Waals surface area contributed by atoms with E-state index in [2.05, 4.69) is 19.2 Å². The van der Waals surface area contributed by atoms with Crippen LogP contribution in [0, 0.1) is 0 Å². The highest BCUT2D eigenvalue weighted by atomic mass is 31.2. The molecular weight excluding hydrogens is 289 g/mol. The second-order valence-electron chi connectivity index (χ2n) is 7.32. The smallest absolute Gasteiger partial charge is 0.101 e. The first-order valence-electron chi connectivity index (χ1n) is 10.0. The maximum absolute atomic E-state index is 13.3. The van der Waals surface area contributed by atoms with E-state index in [-0.39, 0.29) is 0 Å². The topological polar surface area (TPSA) is 29.1 Å². The quantitative estimate of drug-likeness (QED) is 0.313. The van der Waals surface area contributed by atoms with Crippen LogP contribution in [0.25, 0.3) is 0 Å². The van der Waals surface area contributed by atoms with Crippen molar-refractivity contribution in [2.75, 3.05) is 18.6 Å². The third kappa shape index (κ3) is 9.36. The second kappa shape index (κ2) is 12.6. The van der Waals surface area contributed by atoms with Crippen molar-refractivity contribution < 1.29 is 4.57 Å². The number of unbranched alkanes of at least 4 members (excludes halogenated alkanes) is 6. The van der Waals surface area contributed by atoms with Gasteiger partial charge in [-0.25, -0.2) is 0 Å². The molecule has 0 bridgehead atoms. The molecule has 0 spiro atoms. The molecule has 0 aromatic heterocycles. The standard InChI is InChI=1S/C19H40NOP/c1-3-5-7-12-16-22(21,17-13-8-6-4-2)18-20-19-14-10-9-11-15-19/h19-20H,3-18H2,1-2H3. The van der Waals surface area contributed by atoms with Crippen LogP contribution in [0.5, 0.6) is 0 Å². The highest BCUT2D eigenvalue weighted by Crippen LogP contribution is 2.46. The van der Waals surface area contributed by atoms with Crippen molar-refractivity contribution in [2.24, 2.45) is 0 Å². The monoisotopic (exact) mass is 329 g/mol. The molecule has 0 aromatic rings. The Morgan fingerprint density at radius 1 is 0.818 bits per heavy atom. The molecule has 1 aliphatic rings. The fourth-order valence-electron chi connectivity index (χ4n) is 3.53. The first-order chi connectivity index (χ1) is 10.7. The van der Waals surface area contributed by atoms with Gasteiger partial charge in [0, 0.05) is 24.7 Å². The number of hydrogen-bond donors (Lipinski definition) is 1. The Morgan fingerprint density at radius 2 is 1.36 bits per heavy atom. The van der Waals surface area contributed by atoms with E-state index in [1.807, 2.05) is 0 Å². The molecule has 2 nitrogen and oxygen atoms in total. The summed E-state index contributed by atoms with van der Waals surface area (Å²) in [6, 6.07) is 0.647. The van der Waals surface area contributed by atoms with Crippen LogP contribution in [0.2, 0.25) is 0 Å². The summed E-state index contributed by atoms with van der Waals surface area (Å²) in [5.41, 5.74) is 0. The van der Waals surface area contributed by atoms with E-state index in [1.165, 1.54) is 83.5 Å². The fraction of sp³-hybridized carbons (Fsp3) is 1.00. The molecule has 1 aliphatic carbocycles. The minimum atomic E-state index is -1.98. The third-order valence-corrected chi connectivity index (χ3v) is 8.13. The summed E-state index contributed by atoms with van der Waals surface area (Å²) in [6.45, 7) is 4.49. The van der Waals surface area contributed by atoms with Gasteiger partial charge < -0.3 is 9.88 Å². The van der Waals surface area contributed by atoms with E-state index in [0.29, 0.717) is 6.04 Å². The van der Waals surface area contributed by atoms with Crippen LogP contribution in [0.1, 0.15) is 97.3 Å². The van der Waals surface area contributed by atoms with Gasteiger partial charge in [0.25, 0.3) is 0 Å². The molecule has 0 radical (unpaired) electrons. The van der Waals surface area contributed by atoms with Crippen LogP contribution in [0.4, 0.5) is 0 Å². The van der Waals surface area contributed by atoms with E-state index in [1.54, 1.807) is 0 Å². The van der Waals surface area contributed by atoms with Crippen LogP contribution >= 0.6 is 7.14 Å². The lowest BCUT2D eigenvalue weighted by atomic mass is 9.96. The molecule has 1 N–H and O–H groups in total. The molecule has 0 unspecified atom stereocenters. The molecule has 0 aromatic carbocycles. The predicted molar refractivity (Wildman–Crippen MR) is 101 cm³/mol. The molecule has 0 saturated heterocycles. The van der Waals surface area contributed by atoms with Crippen LogP contribution in [-0.2, 0) is 4.57 Å². The van der Waals surface area contributed by atoms with Crippen LogP contribution in [0.15, 0.2) is 0 Å². The zero-order valence-corrected chi connectivity index (χ0v) is 16.1. The Morgan fingerprint density at radius 3 is 1.86 bits per heavy atom. The zero-order valence-electron chi connectivity index (χ0n) is 15.2. The summed E-state index contributed by atoms with van der Waals surface area (Å²) in [5, 5.41) is 3.68. The van der Waals surface area contributed by atoms with Crippen molar-refractivity contribution in [2.45, 2.75) is 103 Å². The van der Waals surface area contributed by atoms with E-state index >= 15 is 0 Å². The maximum atomic E-state index is 13.3. The van der Waals surface area contributed by atoms with E-state index in [0.717, 1.165) is 18.6 Å². The molecule has 0 amide bonds. The molecule has 0 heterocycles. The van der Waals surface area contributed by atoms with Crippen LogP contribution in [-0.4, -0.2) is 24.7 Å². The van der Waals surface area contributed by atoms with Crippen molar-refractivity contribution in [3.8, 4) is 0 Å². The Hall–Kier alpha value is 0.190. The summed E-state index contributed by atoms with van der Waals surface area (Å²) >= 11 is 0. The Bertz CT molecular complexity index is 284. The molecule has 1 rings (SSSR count). The van der Waals surface area contributed by atoms with Gasteiger partial charge in [-0.1, -0.05) is 71.6 Å². The van der Waals surface area contributed by atoms with Gasteiger partial charge in [0.15, 0.2) is 0 Å². The average Bonchev–Trinajstić information content (AvgIpc) is 2.55. The lowest BCUT2D eigenvalue weighted by molar-refractivity contribution is 0.387. The van der Waals surface area contributed by atoms with Gasteiger partial charge in [0.05, 0.1) is 0 Å². The Kier molecular flexibility index (Phi) is 11.6. The molecule has 132 valence electrons. The average molecular weight is 330 g/mol. The highest BCUT2D eigenvalue weighted by molar-refractivity contribution is 7.63. The first kappa shape index (κ1) is 20.2. The Labute approximate surface area is 139 Å². The number of nitrogens with one attached hydrogen (secondary N) is 1. The molecular formula is C19H40NOP. The Balaban J connectivity index is 2.35. The van der Waals surface area contributed by atoms with E-state index in [4.69, 9.17) is 0 Å². The predicted octanol–water partition coefficient (Wildman–Crippen LogP) is 6.39. The lowest BCUT2D eigenvalue weighted by Gasteiger charge is -2.26. The van der Waals surface area contributed by atoms with Crippen molar-refractivity contribution >= 4 is 7.14 Å². The first-order valence-corrected chi connectivity index (χ1v) is 12.3. The van der Waals surface area contributed by atoms with Gasteiger partial charge in [0.1, 0.15) is 7.14 Å². The zero-order chi connectivity index (χ0) is 16.1. The molecule has 1 fully saturated rings. The SMILES string of the molecule is CCCCCCP(=O)(CCCCCC)CNC1CCCCC1. The van der Waals surface area contributed by atoms with Gasteiger partial charge in [-0.2, -0.15) is 0 Å². The van der Waals surface area contributed by atoms with Crippen molar-refractivity contribution in [1.82, 2.24) is 5.32 Å². The van der Waals surface area contributed by atoms with Crippen LogP contribution < -0.4 is 5.32 Å². The van der Waals surface area contributed by atoms with Gasteiger partial charge in [-0.05, 0) is 25.7 Å². The summed E-state index contributed by atoms with van der Waals surface area (Å²) in [6.07, 6.45) is 19.5. The van der Waals surface area contributed by atoms with Crippen molar-refractivity contribution in [3.05, 3.63) is 0 Å². The normalized spacial score (nSPS) is 17.0. The highest BCUT2D eigenvalue weighted by Gasteiger charge is 2.23. The third-order valence-electron chi connectivity index (χ3n) is 5.11. The molecule has 1 saturated carbocycles. The summed E-state index contributed by atoms with van der Waals surface area (Å²) in [5.74, 6) is 0. The second-order valence-corrected chi connectivity index (χ2v) is 10.7. The maximum Gasteiger partial charge on any atom is 0.101 e. The summed E-state index contributed by atoms with van der Waals surface area (Å²) in [4.78, 5) is 0. The molecule has 3 heteroatoms. The molecule has 0 atom stereocenters. The van der Waals surface area contributed by atoms with Crippen LogP contribution in [0.3, 0.4) is 0 Å². The fourth-order valence-corrected chi connectivity index (χ4v) is 6.26. The molecule has 0 aliphatic heterocycles. The molecule has 22 heavy (non-hydrogen) atoms. The minimum absolute atomic E-state index is 0.647. The van der Waals surface area contributed by atoms with Gasteiger partial charge in [0.2, 0.25) is 0 Å². The van der Waals surface area contributed by atoms with Crippen molar-refractivity contribution in [3.63, 3.8) is 0 Å². The van der Waals surface area contributed by atoms with E-state index < -0.39 is 7.14 Å². The lowest BCUT2D eigenvalue weighted by Crippen LogP contribution is -2.32. The minimum Gasteiger partial charge on any atom is -0.322 e. The largest absolute Gasteiger partial charge is 0.322 e. The number of hydrogen-bond acceptors (Lipinski definition) is 2. The number of rotatable bonds is 13. The summed E-state index contributed by atoms with van der Waals surface area (Å²) in [7, 11) is -1.98. The van der Waals surface area contributed by atoms with Gasteiger partial charge in [-0.15, -0.1) is 0 Å². The van der Waals surface area contributed by atoms with Crippen molar-refractivity contribution in [1.29, 1.82) is 0 Å². The van der Waals surface area contributed by atoms with Gasteiger partial charge >= 0.3 is 0 Å². The summed E-state index contributed by atoms with van der Waals surface area (Å²) < 4.78 is 13.3. The van der Waals surface area contributed by atoms with Gasteiger partial charge in [-0.3, -0.25) is 0 Å².